The van der Waals surface area contributed by atoms with Crippen LogP contribution in [0.3, 0.4) is 0 Å². The Morgan fingerprint density at radius 1 is 1.23 bits per heavy atom. The second-order valence-electron chi connectivity index (χ2n) is 5.46. The summed E-state index contributed by atoms with van der Waals surface area (Å²) >= 11 is 0. The Morgan fingerprint density at radius 2 is 2.09 bits per heavy atom. The molecule has 1 aliphatic rings. The second-order valence-corrected chi connectivity index (χ2v) is 5.46. The van der Waals surface area contributed by atoms with Gasteiger partial charge in [-0.3, -0.25) is 9.78 Å². The third kappa shape index (κ3) is 2.43. The summed E-state index contributed by atoms with van der Waals surface area (Å²) < 4.78 is 12.9. The van der Waals surface area contributed by atoms with Crippen molar-refractivity contribution in [2.24, 2.45) is 5.92 Å². The van der Waals surface area contributed by atoms with Crippen LogP contribution in [0.5, 0.6) is 0 Å². The van der Waals surface area contributed by atoms with Crippen LogP contribution < -0.4 is 5.32 Å². The molecule has 6 heteroatoms. The number of H-pyrrole nitrogens is 1. The number of hydrogen-bond donors (Lipinski definition) is 2. The summed E-state index contributed by atoms with van der Waals surface area (Å²) in [5.41, 5.74) is 2.28. The van der Waals surface area contributed by atoms with E-state index < -0.39 is 0 Å². The third-order valence-electron chi connectivity index (χ3n) is 3.71. The molecule has 1 amide bonds. The van der Waals surface area contributed by atoms with Crippen molar-refractivity contribution in [3.8, 4) is 11.4 Å². The van der Waals surface area contributed by atoms with E-state index >= 15 is 0 Å². The normalized spacial score (nSPS) is 14.2. The van der Waals surface area contributed by atoms with Gasteiger partial charge in [0.05, 0.1) is 23.1 Å². The summed E-state index contributed by atoms with van der Waals surface area (Å²) in [6.45, 7) is 0. The highest BCUT2D eigenvalue weighted by molar-refractivity contribution is 5.95. The molecule has 4 rings (SSSR count). The number of aromatic nitrogens is 3. The summed E-state index contributed by atoms with van der Waals surface area (Å²) in [4.78, 5) is 23.3. The van der Waals surface area contributed by atoms with Gasteiger partial charge in [0, 0.05) is 23.6 Å². The molecule has 5 nitrogen and oxygen atoms in total. The molecular weight excluding hydrogens is 283 g/mol. The number of amides is 1. The van der Waals surface area contributed by atoms with E-state index in [1.165, 1.54) is 12.3 Å². The van der Waals surface area contributed by atoms with Gasteiger partial charge in [0.1, 0.15) is 11.6 Å². The average Bonchev–Trinajstić information content (AvgIpc) is 3.28. The zero-order chi connectivity index (χ0) is 15.1. The van der Waals surface area contributed by atoms with E-state index in [2.05, 4.69) is 20.3 Å². The Labute approximate surface area is 125 Å². The van der Waals surface area contributed by atoms with Crippen LogP contribution >= 0.6 is 0 Å². The Hall–Kier alpha value is -2.76. The molecule has 22 heavy (non-hydrogen) atoms. The summed E-state index contributed by atoms with van der Waals surface area (Å²) in [7, 11) is 0. The second kappa shape index (κ2) is 4.91. The van der Waals surface area contributed by atoms with Gasteiger partial charge in [-0.05, 0) is 31.0 Å². The Kier molecular flexibility index (Phi) is 2.89. The maximum Gasteiger partial charge on any atom is 0.228 e. The Bertz CT molecular complexity index is 852. The van der Waals surface area contributed by atoms with Gasteiger partial charge in [0.15, 0.2) is 0 Å². The molecule has 0 saturated heterocycles. The topological polar surface area (TPSA) is 70.7 Å². The molecule has 110 valence electrons. The van der Waals surface area contributed by atoms with Crippen LogP contribution in [0, 0.1) is 11.7 Å². The molecule has 1 aliphatic carbocycles. The summed E-state index contributed by atoms with van der Waals surface area (Å²) in [6.07, 6.45) is 4.79. The van der Waals surface area contributed by atoms with Crippen molar-refractivity contribution in [2.45, 2.75) is 12.8 Å². The quantitative estimate of drug-likeness (QED) is 0.780. The first-order valence-electron chi connectivity index (χ1n) is 7.10. The van der Waals surface area contributed by atoms with Crippen molar-refractivity contribution in [1.82, 2.24) is 15.0 Å². The van der Waals surface area contributed by atoms with Gasteiger partial charge in [0.2, 0.25) is 5.91 Å². The number of nitrogens with one attached hydrogen (secondary N) is 2. The van der Waals surface area contributed by atoms with E-state index in [1.807, 2.05) is 6.07 Å². The molecule has 0 spiro atoms. The SMILES string of the molecule is O=C(Nc1cc2[nH]c(-c3ccc(F)cn3)cc2cn1)C1CC1. The van der Waals surface area contributed by atoms with Crippen LogP contribution in [0.25, 0.3) is 22.3 Å². The fraction of sp³-hybridized carbons (Fsp3) is 0.188. The molecule has 0 radical (unpaired) electrons. The molecule has 0 aromatic carbocycles. The predicted molar refractivity (Wildman–Crippen MR) is 80.6 cm³/mol. The lowest BCUT2D eigenvalue weighted by atomic mass is 10.2. The number of halogens is 1. The number of anilines is 1. The lowest BCUT2D eigenvalue weighted by Crippen LogP contribution is -2.14. The van der Waals surface area contributed by atoms with Crippen LogP contribution in [0.1, 0.15) is 12.8 Å². The van der Waals surface area contributed by atoms with E-state index in [0.29, 0.717) is 11.5 Å². The highest BCUT2D eigenvalue weighted by Gasteiger charge is 2.29. The van der Waals surface area contributed by atoms with Crippen molar-refractivity contribution >= 4 is 22.6 Å². The monoisotopic (exact) mass is 296 g/mol. The van der Waals surface area contributed by atoms with Crippen molar-refractivity contribution in [3.63, 3.8) is 0 Å². The maximum atomic E-state index is 12.9. The van der Waals surface area contributed by atoms with Crippen molar-refractivity contribution in [2.75, 3.05) is 5.32 Å². The molecular formula is C16H13FN4O. The standard InChI is InChI=1S/C16H13FN4O/c17-11-3-4-12(18-8-11)14-5-10-7-19-15(6-13(10)20-14)21-16(22)9-1-2-9/h3-9,20H,1-2H2,(H,19,21,22). The zero-order valence-electron chi connectivity index (χ0n) is 11.6. The first kappa shape index (κ1) is 12.9. The van der Waals surface area contributed by atoms with Gasteiger partial charge in [-0.1, -0.05) is 0 Å². The van der Waals surface area contributed by atoms with E-state index in [4.69, 9.17) is 0 Å². The first-order chi connectivity index (χ1) is 10.7. The average molecular weight is 296 g/mol. The zero-order valence-corrected chi connectivity index (χ0v) is 11.6. The van der Waals surface area contributed by atoms with E-state index in [1.54, 1.807) is 18.3 Å². The molecule has 0 unspecified atom stereocenters. The fourth-order valence-corrected chi connectivity index (χ4v) is 2.34. The van der Waals surface area contributed by atoms with Crippen LogP contribution in [0.2, 0.25) is 0 Å². The van der Waals surface area contributed by atoms with Crippen LogP contribution in [-0.2, 0) is 4.79 Å². The summed E-state index contributed by atoms with van der Waals surface area (Å²) in [6, 6.07) is 6.67. The van der Waals surface area contributed by atoms with Crippen molar-refractivity contribution in [1.29, 1.82) is 0 Å². The number of hydrogen-bond acceptors (Lipinski definition) is 3. The van der Waals surface area contributed by atoms with Gasteiger partial charge in [0.25, 0.3) is 0 Å². The predicted octanol–water partition coefficient (Wildman–Crippen LogP) is 3.11. The lowest BCUT2D eigenvalue weighted by molar-refractivity contribution is -0.117. The van der Waals surface area contributed by atoms with Crippen LogP contribution in [-0.4, -0.2) is 20.9 Å². The number of carbonyl (C=O) groups excluding carboxylic acids is 1. The van der Waals surface area contributed by atoms with Crippen LogP contribution in [0.4, 0.5) is 10.2 Å². The van der Waals surface area contributed by atoms with Crippen molar-refractivity contribution < 1.29 is 9.18 Å². The summed E-state index contributed by atoms with van der Waals surface area (Å²) in [5.74, 6) is 0.329. The molecule has 1 saturated carbocycles. The first-order valence-corrected chi connectivity index (χ1v) is 7.10. The highest BCUT2D eigenvalue weighted by Crippen LogP contribution is 2.30. The van der Waals surface area contributed by atoms with Gasteiger partial charge in [-0.15, -0.1) is 0 Å². The van der Waals surface area contributed by atoms with Crippen molar-refractivity contribution in [3.05, 3.63) is 42.5 Å². The number of pyridine rings is 2. The maximum absolute atomic E-state index is 12.9. The minimum absolute atomic E-state index is 0.0267. The largest absolute Gasteiger partial charge is 0.353 e. The Morgan fingerprint density at radius 3 is 2.82 bits per heavy atom. The molecule has 3 aromatic heterocycles. The van der Waals surface area contributed by atoms with E-state index in [0.717, 1.165) is 29.4 Å². The van der Waals surface area contributed by atoms with Gasteiger partial charge in [-0.2, -0.15) is 0 Å². The minimum Gasteiger partial charge on any atom is -0.353 e. The lowest BCUT2D eigenvalue weighted by Gasteiger charge is -2.02. The van der Waals surface area contributed by atoms with Gasteiger partial charge in [-0.25, -0.2) is 9.37 Å². The number of carbonyl (C=O) groups is 1. The third-order valence-corrected chi connectivity index (χ3v) is 3.71. The highest BCUT2D eigenvalue weighted by atomic mass is 19.1. The van der Waals surface area contributed by atoms with Gasteiger partial charge < -0.3 is 10.3 Å². The smallest absolute Gasteiger partial charge is 0.228 e. The Balaban J connectivity index is 1.65. The minimum atomic E-state index is -0.369. The van der Waals surface area contributed by atoms with E-state index in [-0.39, 0.29) is 17.6 Å². The van der Waals surface area contributed by atoms with Gasteiger partial charge >= 0.3 is 0 Å². The molecule has 0 bridgehead atoms. The number of rotatable bonds is 3. The molecule has 0 atom stereocenters. The van der Waals surface area contributed by atoms with E-state index in [9.17, 15) is 9.18 Å². The number of nitrogens with zero attached hydrogens (tertiary/aromatic N) is 2. The number of aromatic amines is 1. The molecule has 1 fully saturated rings. The summed E-state index contributed by atoms with van der Waals surface area (Å²) in [5, 5.41) is 3.73. The molecule has 2 N–H and O–H groups in total. The molecule has 3 heterocycles. The number of fused-ring (bicyclic) bond motifs is 1. The molecule has 3 aromatic rings. The van der Waals surface area contributed by atoms with Crippen LogP contribution in [0.15, 0.2) is 36.7 Å². The fourth-order valence-electron chi connectivity index (χ4n) is 2.34. The molecule has 0 aliphatic heterocycles.